The van der Waals surface area contributed by atoms with Crippen LogP contribution in [0.3, 0.4) is 0 Å². The van der Waals surface area contributed by atoms with Crippen molar-refractivity contribution in [2.24, 2.45) is 0 Å². The molecule has 0 amide bonds. The van der Waals surface area contributed by atoms with Gasteiger partial charge >= 0.3 is 0 Å². The number of aromatic nitrogens is 1. The van der Waals surface area contributed by atoms with Crippen LogP contribution in [0.15, 0.2) is 36.5 Å². The SMILES string of the molecule is Cc1cc([N+](=O)[O-])cnc1NCc1ccccc1CN1CCOCC1. The highest BCUT2D eigenvalue weighted by atomic mass is 16.6. The number of rotatable bonds is 6. The molecule has 7 nitrogen and oxygen atoms in total. The van der Waals surface area contributed by atoms with Crippen molar-refractivity contribution < 1.29 is 9.66 Å². The molecule has 25 heavy (non-hydrogen) atoms. The molecule has 0 atom stereocenters. The summed E-state index contributed by atoms with van der Waals surface area (Å²) < 4.78 is 5.40. The van der Waals surface area contributed by atoms with Crippen LogP contribution in [0.1, 0.15) is 16.7 Å². The van der Waals surface area contributed by atoms with Crippen LogP contribution in [0.2, 0.25) is 0 Å². The Balaban J connectivity index is 1.68. The molecule has 2 heterocycles. The van der Waals surface area contributed by atoms with Crippen molar-refractivity contribution in [3.8, 4) is 0 Å². The van der Waals surface area contributed by atoms with Crippen LogP contribution in [0.25, 0.3) is 0 Å². The topological polar surface area (TPSA) is 80.5 Å². The van der Waals surface area contributed by atoms with Gasteiger partial charge < -0.3 is 10.1 Å². The average molecular weight is 342 g/mol. The lowest BCUT2D eigenvalue weighted by molar-refractivity contribution is -0.385. The van der Waals surface area contributed by atoms with E-state index in [1.54, 1.807) is 0 Å². The van der Waals surface area contributed by atoms with Crippen LogP contribution < -0.4 is 5.32 Å². The third-order valence-corrected chi connectivity index (χ3v) is 4.34. The molecule has 0 saturated carbocycles. The van der Waals surface area contributed by atoms with Gasteiger partial charge in [0.05, 0.1) is 18.1 Å². The minimum Gasteiger partial charge on any atom is -0.379 e. The molecule has 0 unspecified atom stereocenters. The Kier molecular flexibility index (Phi) is 5.57. The van der Waals surface area contributed by atoms with Gasteiger partial charge in [0.25, 0.3) is 5.69 Å². The molecule has 3 rings (SSSR count). The maximum atomic E-state index is 10.8. The van der Waals surface area contributed by atoms with E-state index in [0.717, 1.165) is 38.4 Å². The molecule has 1 aliphatic heterocycles. The van der Waals surface area contributed by atoms with E-state index < -0.39 is 4.92 Å². The van der Waals surface area contributed by atoms with E-state index in [-0.39, 0.29) is 5.69 Å². The van der Waals surface area contributed by atoms with Gasteiger partial charge in [0, 0.05) is 32.2 Å². The maximum absolute atomic E-state index is 10.8. The van der Waals surface area contributed by atoms with E-state index in [4.69, 9.17) is 4.74 Å². The number of benzene rings is 1. The zero-order valence-electron chi connectivity index (χ0n) is 14.3. The number of nitro groups is 1. The second kappa shape index (κ2) is 8.04. The highest BCUT2D eigenvalue weighted by Crippen LogP contribution is 2.20. The summed E-state index contributed by atoms with van der Waals surface area (Å²) in [4.78, 5) is 16.9. The average Bonchev–Trinajstić information content (AvgIpc) is 2.62. The Bertz CT molecular complexity index is 745. The maximum Gasteiger partial charge on any atom is 0.287 e. The third kappa shape index (κ3) is 4.52. The Hall–Kier alpha value is -2.51. The number of hydrogen-bond acceptors (Lipinski definition) is 6. The third-order valence-electron chi connectivity index (χ3n) is 4.34. The van der Waals surface area contributed by atoms with Crippen molar-refractivity contribution in [1.29, 1.82) is 0 Å². The lowest BCUT2D eigenvalue weighted by atomic mass is 10.1. The first kappa shape index (κ1) is 17.3. The number of ether oxygens (including phenoxy) is 1. The van der Waals surface area contributed by atoms with E-state index in [2.05, 4.69) is 33.4 Å². The van der Waals surface area contributed by atoms with Gasteiger partial charge in [0.1, 0.15) is 12.0 Å². The van der Waals surface area contributed by atoms with Crippen molar-refractivity contribution >= 4 is 11.5 Å². The first-order valence-corrected chi connectivity index (χ1v) is 8.35. The summed E-state index contributed by atoms with van der Waals surface area (Å²) in [6.45, 7) is 6.82. The molecule has 1 aromatic heterocycles. The van der Waals surface area contributed by atoms with Crippen molar-refractivity contribution in [3.63, 3.8) is 0 Å². The summed E-state index contributed by atoms with van der Waals surface area (Å²) in [5.74, 6) is 0.673. The van der Waals surface area contributed by atoms with E-state index >= 15 is 0 Å². The van der Waals surface area contributed by atoms with Crippen molar-refractivity contribution in [3.05, 3.63) is 63.3 Å². The normalized spacial score (nSPS) is 15.1. The Morgan fingerprint density at radius 3 is 2.68 bits per heavy atom. The van der Waals surface area contributed by atoms with Gasteiger partial charge in [-0.25, -0.2) is 4.98 Å². The fourth-order valence-electron chi connectivity index (χ4n) is 2.91. The summed E-state index contributed by atoms with van der Waals surface area (Å²) >= 11 is 0. The molecular formula is C18H22N4O3. The minimum atomic E-state index is -0.429. The summed E-state index contributed by atoms with van der Waals surface area (Å²) in [7, 11) is 0. The van der Waals surface area contributed by atoms with E-state index in [1.807, 2.05) is 13.0 Å². The highest BCUT2D eigenvalue weighted by molar-refractivity contribution is 5.48. The van der Waals surface area contributed by atoms with Crippen LogP contribution in [0.4, 0.5) is 11.5 Å². The smallest absolute Gasteiger partial charge is 0.287 e. The zero-order valence-corrected chi connectivity index (χ0v) is 14.3. The monoisotopic (exact) mass is 342 g/mol. The number of nitrogens with zero attached hydrogens (tertiary/aromatic N) is 3. The number of nitrogens with one attached hydrogen (secondary N) is 1. The number of morpholine rings is 1. The number of hydrogen-bond donors (Lipinski definition) is 1. The summed E-state index contributed by atoms with van der Waals surface area (Å²) in [5.41, 5.74) is 3.25. The molecule has 1 aliphatic rings. The molecule has 1 saturated heterocycles. The molecule has 132 valence electrons. The zero-order chi connectivity index (χ0) is 17.6. The highest BCUT2D eigenvalue weighted by Gasteiger charge is 2.13. The minimum absolute atomic E-state index is 0.00997. The van der Waals surface area contributed by atoms with Gasteiger partial charge in [0.15, 0.2) is 0 Å². The van der Waals surface area contributed by atoms with Crippen LogP contribution in [-0.4, -0.2) is 41.1 Å². The molecule has 2 aromatic rings. The standard InChI is InChI=1S/C18H22N4O3/c1-14-10-17(22(23)24)12-20-18(14)19-11-15-4-2-3-5-16(15)13-21-6-8-25-9-7-21/h2-5,10,12H,6-9,11,13H2,1H3,(H,19,20). The van der Waals surface area contributed by atoms with Crippen LogP contribution >= 0.6 is 0 Å². The van der Waals surface area contributed by atoms with Gasteiger partial charge in [-0.3, -0.25) is 15.0 Å². The second-order valence-electron chi connectivity index (χ2n) is 6.13. The number of anilines is 1. The largest absolute Gasteiger partial charge is 0.379 e. The van der Waals surface area contributed by atoms with Gasteiger partial charge in [-0.2, -0.15) is 0 Å². The van der Waals surface area contributed by atoms with Gasteiger partial charge in [-0.1, -0.05) is 24.3 Å². The lowest BCUT2D eigenvalue weighted by Crippen LogP contribution is -2.35. The van der Waals surface area contributed by atoms with Crippen LogP contribution in [0, 0.1) is 17.0 Å². The Morgan fingerprint density at radius 1 is 1.28 bits per heavy atom. The molecular weight excluding hydrogens is 320 g/mol. The Morgan fingerprint density at radius 2 is 2.00 bits per heavy atom. The van der Waals surface area contributed by atoms with Gasteiger partial charge in [-0.15, -0.1) is 0 Å². The molecule has 7 heteroatoms. The van der Waals surface area contributed by atoms with E-state index in [0.29, 0.717) is 12.4 Å². The molecule has 1 fully saturated rings. The van der Waals surface area contributed by atoms with Crippen molar-refractivity contribution in [2.45, 2.75) is 20.0 Å². The molecule has 0 aliphatic carbocycles. The van der Waals surface area contributed by atoms with Gasteiger partial charge in [0.2, 0.25) is 0 Å². The number of aryl methyl sites for hydroxylation is 1. The molecule has 1 N–H and O–H groups in total. The van der Waals surface area contributed by atoms with Crippen molar-refractivity contribution in [2.75, 3.05) is 31.6 Å². The quantitative estimate of drug-likeness (QED) is 0.642. The first-order chi connectivity index (χ1) is 12.1. The van der Waals surface area contributed by atoms with E-state index in [1.165, 1.54) is 23.4 Å². The lowest BCUT2D eigenvalue weighted by Gasteiger charge is -2.27. The fourth-order valence-corrected chi connectivity index (χ4v) is 2.91. The predicted octanol–water partition coefficient (Wildman–Crippen LogP) is 2.74. The van der Waals surface area contributed by atoms with E-state index in [9.17, 15) is 10.1 Å². The predicted molar refractivity (Wildman–Crippen MR) is 95.5 cm³/mol. The van der Waals surface area contributed by atoms with Crippen molar-refractivity contribution in [1.82, 2.24) is 9.88 Å². The summed E-state index contributed by atoms with van der Waals surface area (Å²) in [6, 6.07) is 9.85. The molecule has 1 aromatic carbocycles. The van der Waals surface area contributed by atoms with Crippen LogP contribution in [0.5, 0.6) is 0 Å². The molecule has 0 spiro atoms. The Labute approximate surface area is 146 Å². The number of pyridine rings is 1. The molecule has 0 radical (unpaired) electrons. The summed E-state index contributed by atoms with van der Waals surface area (Å²) in [6.07, 6.45) is 1.29. The van der Waals surface area contributed by atoms with Gasteiger partial charge in [-0.05, 0) is 23.6 Å². The summed E-state index contributed by atoms with van der Waals surface area (Å²) in [5, 5.41) is 14.1. The second-order valence-corrected chi connectivity index (χ2v) is 6.13. The molecule has 0 bridgehead atoms. The first-order valence-electron chi connectivity index (χ1n) is 8.35. The fraction of sp³-hybridized carbons (Fsp3) is 0.389. The van der Waals surface area contributed by atoms with Crippen LogP contribution in [-0.2, 0) is 17.8 Å².